The van der Waals surface area contributed by atoms with Crippen LogP contribution in [-0.2, 0) is 16.2 Å². The van der Waals surface area contributed by atoms with Crippen molar-refractivity contribution < 1.29 is 33.8 Å². The molecule has 0 radical (unpaired) electrons. The molecule has 9 nitrogen and oxygen atoms in total. The van der Waals surface area contributed by atoms with Gasteiger partial charge in [-0.2, -0.15) is 0 Å². The molecule has 0 spiro atoms. The first kappa shape index (κ1) is 27.1. The SMILES string of the molecule is CCOc1cc(/C=C2\C(=O)NC(=O)N(c3ccc(C(=O)O)cc3)C2=O)cc(I)c1OCc1cccc(Cl)c1. The summed E-state index contributed by atoms with van der Waals surface area (Å²) in [6, 6.07) is 14.8. The number of imide groups is 2. The highest BCUT2D eigenvalue weighted by Gasteiger charge is 2.37. The molecule has 4 rings (SSSR count). The first-order valence-electron chi connectivity index (χ1n) is 11.3. The van der Waals surface area contributed by atoms with Gasteiger partial charge in [0.2, 0.25) is 0 Å². The molecule has 1 heterocycles. The van der Waals surface area contributed by atoms with E-state index in [-0.39, 0.29) is 23.4 Å². The standard InChI is InChI=1S/C27H20ClIN2O7/c1-2-37-22-13-16(12-21(29)23(22)38-14-15-4-3-5-18(28)10-15)11-20-24(32)30-27(36)31(25(20)33)19-8-6-17(7-9-19)26(34)35/h3-13H,2,14H2,1H3,(H,34,35)(H,30,32,36)/b20-11+. The van der Waals surface area contributed by atoms with E-state index in [4.69, 9.17) is 26.2 Å². The van der Waals surface area contributed by atoms with Crippen molar-refractivity contribution in [2.24, 2.45) is 0 Å². The van der Waals surface area contributed by atoms with E-state index in [9.17, 15) is 19.2 Å². The van der Waals surface area contributed by atoms with E-state index >= 15 is 0 Å². The quantitative estimate of drug-likeness (QED) is 0.194. The Morgan fingerprint density at radius 2 is 1.82 bits per heavy atom. The molecule has 0 saturated carbocycles. The van der Waals surface area contributed by atoms with E-state index in [1.54, 1.807) is 24.3 Å². The van der Waals surface area contributed by atoms with Crippen LogP contribution in [0.25, 0.3) is 6.08 Å². The lowest BCUT2D eigenvalue weighted by Gasteiger charge is -2.26. The van der Waals surface area contributed by atoms with Crippen LogP contribution in [0.5, 0.6) is 11.5 Å². The fraction of sp³-hybridized carbons (Fsp3) is 0.111. The molecule has 3 aromatic carbocycles. The fourth-order valence-electron chi connectivity index (χ4n) is 3.67. The summed E-state index contributed by atoms with van der Waals surface area (Å²) in [4.78, 5) is 50.2. The van der Waals surface area contributed by atoms with E-state index in [0.717, 1.165) is 10.5 Å². The van der Waals surface area contributed by atoms with Crippen LogP contribution in [0.2, 0.25) is 5.02 Å². The zero-order chi connectivity index (χ0) is 27.4. The maximum Gasteiger partial charge on any atom is 0.335 e. The number of anilines is 1. The number of carbonyl (C=O) groups is 4. The summed E-state index contributed by atoms with van der Waals surface area (Å²) in [6.45, 7) is 2.41. The third-order valence-electron chi connectivity index (χ3n) is 5.39. The van der Waals surface area contributed by atoms with Gasteiger partial charge >= 0.3 is 12.0 Å². The maximum atomic E-state index is 13.2. The van der Waals surface area contributed by atoms with Gasteiger partial charge < -0.3 is 14.6 Å². The van der Waals surface area contributed by atoms with Crippen molar-refractivity contribution in [1.82, 2.24) is 5.32 Å². The minimum Gasteiger partial charge on any atom is -0.490 e. The molecule has 0 unspecified atom stereocenters. The molecule has 1 aliphatic rings. The molecule has 11 heteroatoms. The average molecular weight is 647 g/mol. The second-order valence-electron chi connectivity index (χ2n) is 7.99. The molecule has 0 aromatic heterocycles. The molecule has 194 valence electrons. The van der Waals surface area contributed by atoms with Crippen molar-refractivity contribution in [3.8, 4) is 11.5 Å². The Labute approximate surface area is 236 Å². The van der Waals surface area contributed by atoms with Crippen LogP contribution >= 0.6 is 34.2 Å². The highest BCUT2D eigenvalue weighted by Crippen LogP contribution is 2.36. The molecule has 0 aliphatic carbocycles. The van der Waals surface area contributed by atoms with Crippen molar-refractivity contribution in [3.63, 3.8) is 0 Å². The van der Waals surface area contributed by atoms with Crippen LogP contribution in [0.1, 0.15) is 28.4 Å². The number of amides is 4. The number of aromatic carboxylic acids is 1. The van der Waals surface area contributed by atoms with Crippen LogP contribution < -0.4 is 19.7 Å². The molecular formula is C27H20ClIN2O7. The van der Waals surface area contributed by atoms with Crippen molar-refractivity contribution >= 4 is 69.8 Å². The van der Waals surface area contributed by atoms with Gasteiger partial charge in [-0.15, -0.1) is 0 Å². The van der Waals surface area contributed by atoms with E-state index in [1.165, 1.54) is 30.3 Å². The zero-order valence-electron chi connectivity index (χ0n) is 19.9. The van der Waals surface area contributed by atoms with Crippen LogP contribution in [0.3, 0.4) is 0 Å². The first-order valence-corrected chi connectivity index (χ1v) is 12.7. The summed E-state index contributed by atoms with van der Waals surface area (Å²) in [5, 5.41) is 11.8. The lowest BCUT2D eigenvalue weighted by molar-refractivity contribution is -0.122. The molecule has 0 bridgehead atoms. The number of halogens is 2. The van der Waals surface area contributed by atoms with Crippen LogP contribution in [0.15, 0.2) is 66.2 Å². The highest BCUT2D eigenvalue weighted by atomic mass is 127. The van der Waals surface area contributed by atoms with Crippen LogP contribution in [0, 0.1) is 3.57 Å². The lowest BCUT2D eigenvalue weighted by Crippen LogP contribution is -2.54. The van der Waals surface area contributed by atoms with Crippen LogP contribution in [-0.4, -0.2) is 35.5 Å². The Morgan fingerprint density at radius 1 is 1.08 bits per heavy atom. The monoisotopic (exact) mass is 646 g/mol. The van der Waals surface area contributed by atoms with E-state index < -0.39 is 23.8 Å². The number of rotatable bonds is 8. The fourth-order valence-corrected chi connectivity index (χ4v) is 4.66. The van der Waals surface area contributed by atoms with Gasteiger partial charge in [0.1, 0.15) is 12.2 Å². The Balaban J connectivity index is 1.65. The number of hydrogen-bond acceptors (Lipinski definition) is 6. The Bertz CT molecular complexity index is 1470. The van der Waals surface area contributed by atoms with Gasteiger partial charge in [-0.25, -0.2) is 14.5 Å². The van der Waals surface area contributed by atoms with Gasteiger partial charge in [0.25, 0.3) is 11.8 Å². The van der Waals surface area contributed by atoms with Gasteiger partial charge in [0, 0.05) is 5.02 Å². The van der Waals surface area contributed by atoms with E-state index in [2.05, 4.69) is 27.9 Å². The smallest absolute Gasteiger partial charge is 0.335 e. The molecular weight excluding hydrogens is 627 g/mol. The molecule has 2 N–H and O–H groups in total. The van der Waals surface area contributed by atoms with Crippen LogP contribution in [0.4, 0.5) is 10.5 Å². The van der Waals surface area contributed by atoms with Gasteiger partial charge in [-0.05, 0) is 95.2 Å². The highest BCUT2D eigenvalue weighted by molar-refractivity contribution is 14.1. The summed E-state index contributed by atoms with van der Waals surface area (Å²) in [5.74, 6) is -1.95. The Hall–Kier alpha value is -3.90. The van der Waals surface area contributed by atoms with Crippen molar-refractivity contribution in [1.29, 1.82) is 0 Å². The lowest BCUT2D eigenvalue weighted by atomic mass is 10.1. The third-order valence-corrected chi connectivity index (χ3v) is 6.43. The number of carboxylic acid groups (broad SMARTS) is 1. The van der Waals surface area contributed by atoms with Crippen molar-refractivity contribution in [2.75, 3.05) is 11.5 Å². The normalized spacial score (nSPS) is 14.4. The first-order chi connectivity index (χ1) is 18.2. The van der Waals surface area contributed by atoms with Gasteiger partial charge in [0.15, 0.2) is 11.5 Å². The number of nitrogens with one attached hydrogen (secondary N) is 1. The summed E-state index contributed by atoms with van der Waals surface area (Å²) in [7, 11) is 0. The summed E-state index contributed by atoms with van der Waals surface area (Å²) in [5.41, 5.74) is 1.17. The average Bonchev–Trinajstić information content (AvgIpc) is 2.86. The number of nitrogens with zero attached hydrogens (tertiary/aromatic N) is 1. The van der Waals surface area contributed by atoms with Crippen molar-refractivity contribution in [2.45, 2.75) is 13.5 Å². The molecule has 1 aliphatic heterocycles. The van der Waals surface area contributed by atoms with E-state index in [0.29, 0.717) is 32.3 Å². The predicted molar refractivity (Wildman–Crippen MR) is 149 cm³/mol. The number of carbonyl (C=O) groups excluding carboxylic acids is 3. The topological polar surface area (TPSA) is 122 Å². The largest absolute Gasteiger partial charge is 0.490 e. The predicted octanol–water partition coefficient (Wildman–Crippen LogP) is 5.29. The molecule has 38 heavy (non-hydrogen) atoms. The van der Waals surface area contributed by atoms with Crippen molar-refractivity contribution in [3.05, 3.63) is 91.5 Å². The zero-order valence-corrected chi connectivity index (χ0v) is 22.8. The molecule has 3 aromatic rings. The number of urea groups is 1. The Kier molecular flexibility index (Phi) is 8.32. The number of hydrogen-bond donors (Lipinski definition) is 2. The minimum atomic E-state index is -1.15. The van der Waals surface area contributed by atoms with Gasteiger partial charge in [0.05, 0.1) is 21.4 Å². The molecule has 1 fully saturated rings. The summed E-state index contributed by atoms with van der Waals surface area (Å²) < 4.78 is 12.4. The second kappa shape index (κ2) is 11.7. The van der Waals surface area contributed by atoms with Gasteiger partial charge in [-0.3, -0.25) is 14.9 Å². The van der Waals surface area contributed by atoms with E-state index in [1.807, 2.05) is 19.1 Å². The molecule has 0 atom stereocenters. The number of carboxylic acids is 1. The number of benzene rings is 3. The second-order valence-corrected chi connectivity index (χ2v) is 9.59. The Morgan fingerprint density at radius 3 is 2.47 bits per heavy atom. The molecule has 1 saturated heterocycles. The maximum absolute atomic E-state index is 13.2. The summed E-state index contributed by atoms with van der Waals surface area (Å²) >= 11 is 8.13. The van der Waals surface area contributed by atoms with Gasteiger partial charge in [-0.1, -0.05) is 23.7 Å². The number of barbiturate groups is 1. The molecule has 4 amide bonds. The summed E-state index contributed by atoms with van der Waals surface area (Å²) in [6.07, 6.45) is 1.36. The number of ether oxygens (including phenoxy) is 2. The minimum absolute atomic E-state index is 0.0128. The third kappa shape index (κ3) is 5.97.